The van der Waals surface area contributed by atoms with Crippen LogP contribution in [0.2, 0.25) is 0 Å². The molecule has 0 saturated carbocycles. The molecule has 0 aromatic rings. The number of amides is 4. The standard InChI is InChI=1S/C24H39N5O5/c1-15(21(32)27-11-5-8-16(27)19(30)14-25)26-20(31)17-9-6-12-28(17)22(33)18-10-7-13-29(18)23(34)24(2,3)4/h15-18H,5-14,25H2,1-4H3,(H,26,31)/t15-,16+,17+,18+/m1/s1. The van der Waals surface area contributed by atoms with Crippen LogP contribution in [-0.2, 0) is 24.0 Å². The maximum Gasteiger partial charge on any atom is 0.246 e. The molecule has 3 aliphatic heterocycles. The molecule has 4 amide bonds. The summed E-state index contributed by atoms with van der Waals surface area (Å²) in [7, 11) is 0. The van der Waals surface area contributed by atoms with Gasteiger partial charge < -0.3 is 25.8 Å². The molecule has 3 saturated heterocycles. The van der Waals surface area contributed by atoms with Crippen molar-refractivity contribution in [2.24, 2.45) is 11.1 Å². The number of hydrogen-bond donors (Lipinski definition) is 2. The highest BCUT2D eigenvalue weighted by Gasteiger charge is 2.44. The van der Waals surface area contributed by atoms with Gasteiger partial charge in [0, 0.05) is 25.0 Å². The Morgan fingerprint density at radius 1 is 0.853 bits per heavy atom. The first-order valence-corrected chi connectivity index (χ1v) is 12.4. The van der Waals surface area contributed by atoms with Crippen LogP contribution >= 0.6 is 0 Å². The fourth-order valence-corrected chi connectivity index (χ4v) is 5.31. The van der Waals surface area contributed by atoms with E-state index in [0.29, 0.717) is 45.3 Å². The van der Waals surface area contributed by atoms with Gasteiger partial charge in [0.25, 0.3) is 0 Å². The van der Waals surface area contributed by atoms with Crippen molar-refractivity contribution in [2.75, 3.05) is 26.2 Å². The summed E-state index contributed by atoms with van der Waals surface area (Å²) < 4.78 is 0. The monoisotopic (exact) mass is 477 g/mol. The first-order valence-electron chi connectivity index (χ1n) is 12.4. The second kappa shape index (κ2) is 10.4. The number of carbonyl (C=O) groups excluding carboxylic acids is 5. The number of hydrogen-bond acceptors (Lipinski definition) is 6. The van der Waals surface area contributed by atoms with Gasteiger partial charge in [-0.2, -0.15) is 0 Å². The number of likely N-dealkylation sites (tertiary alicyclic amines) is 3. The molecule has 0 aliphatic carbocycles. The van der Waals surface area contributed by atoms with Crippen molar-refractivity contribution >= 4 is 29.4 Å². The molecular weight excluding hydrogens is 438 g/mol. The summed E-state index contributed by atoms with van der Waals surface area (Å²) in [5, 5.41) is 2.76. The molecule has 34 heavy (non-hydrogen) atoms. The van der Waals surface area contributed by atoms with Gasteiger partial charge in [-0.15, -0.1) is 0 Å². The Kier molecular flexibility index (Phi) is 8.00. The molecule has 0 aromatic carbocycles. The van der Waals surface area contributed by atoms with Crippen LogP contribution in [0, 0.1) is 5.41 Å². The largest absolute Gasteiger partial charge is 0.343 e. The zero-order valence-electron chi connectivity index (χ0n) is 20.8. The number of nitrogens with two attached hydrogens (primary N) is 1. The highest BCUT2D eigenvalue weighted by Crippen LogP contribution is 2.29. The van der Waals surface area contributed by atoms with Crippen molar-refractivity contribution in [3.05, 3.63) is 0 Å². The Morgan fingerprint density at radius 2 is 1.38 bits per heavy atom. The SMILES string of the molecule is C[C@@H](NC(=O)[C@@H]1CCCN1C(=O)[C@@H]1CCCN1C(=O)C(C)(C)C)C(=O)N1CCC[C@H]1C(=O)CN. The van der Waals surface area contributed by atoms with Gasteiger partial charge in [0.1, 0.15) is 18.1 Å². The Hall–Kier alpha value is -2.49. The van der Waals surface area contributed by atoms with Crippen LogP contribution in [0.5, 0.6) is 0 Å². The van der Waals surface area contributed by atoms with E-state index in [1.807, 2.05) is 20.8 Å². The van der Waals surface area contributed by atoms with E-state index < -0.39 is 29.6 Å². The predicted molar refractivity (Wildman–Crippen MR) is 125 cm³/mol. The number of rotatable bonds is 6. The average molecular weight is 478 g/mol. The van der Waals surface area contributed by atoms with Crippen molar-refractivity contribution < 1.29 is 24.0 Å². The molecule has 3 fully saturated rings. The van der Waals surface area contributed by atoms with Gasteiger partial charge in [-0.25, -0.2) is 0 Å². The molecule has 10 heteroatoms. The number of nitrogens with one attached hydrogen (secondary N) is 1. The molecule has 3 aliphatic rings. The summed E-state index contributed by atoms with van der Waals surface area (Å²) in [6.07, 6.45) is 3.85. The van der Waals surface area contributed by atoms with Crippen LogP contribution in [0.25, 0.3) is 0 Å². The zero-order valence-corrected chi connectivity index (χ0v) is 20.8. The molecule has 0 radical (unpaired) electrons. The molecule has 10 nitrogen and oxygen atoms in total. The second-order valence-electron chi connectivity index (χ2n) is 10.7. The van der Waals surface area contributed by atoms with Gasteiger partial charge in [-0.3, -0.25) is 24.0 Å². The Balaban J connectivity index is 1.65. The van der Waals surface area contributed by atoms with Gasteiger partial charge in [0.05, 0.1) is 12.6 Å². The Labute approximate surface area is 201 Å². The quantitative estimate of drug-likeness (QED) is 0.555. The Morgan fingerprint density at radius 3 is 1.97 bits per heavy atom. The molecule has 3 N–H and O–H groups in total. The van der Waals surface area contributed by atoms with Crippen molar-refractivity contribution in [3.8, 4) is 0 Å². The third kappa shape index (κ3) is 5.26. The molecule has 3 rings (SSSR count). The van der Waals surface area contributed by atoms with Crippen molar-refractivity contribution in [1.82, 2.24) is 20.0 Å². The predicted octanol–water partition coefficient (Wildman–Crippen LogP) is 0.0380. The third-order valence-corrected chi connectivity index (χ3v) is 7.12. The van der Waals surface area contributed by atoms with E-state index >= 15 is 0 Å². The van der Waals surface area contributed by atoms with E-state index in [9.17, 15) is 24.0 Å². The summed E-state index contributed by atoms with van der Waals surface area (Å²) in [5.41, 5.74) is 4.90. The van der Waals surface area contributed by atoms with Gasteiger partial charge >= 0.3 is 0 Å². The molecular formula is C24H39N5O5. The van der Waals surface area contributed by atoms with Gasteiger partial charge in [0.2, 0.25) is 23.6 Å². The summed E-state index contributed by atoms with van der Waals surface area (Å²) in [6.45, 7) is 8.45. The normalized spacial score (nSPS) is 26.0. The molecule has 0 bridgehead atoms. The summed E-state index contributed by atoms with van der Waals surface area (Å²) in [4.78, 5) is 69.2. The molecule has 3 heterocycles. The number of Topliss-reactive ketones (excluding diaryl/α,β-unsaturated/α-hetero) is 1. The lowest BCUT2D eigenvalue weighted by molar-refractivity contribution is -0.150. The first-order chi connectivity index (χ1) is 16.0. The lowest BCUT2D eigenvalue weighted by atomic mass is 9.94. The minimum absolute atomic E-state index is 0.0602. The maximum atomic E-state index is 13.4. The highest BCUT2D eigenvalue weighted by atomic mass is 16.2. The number of carbonyl (C=O) groups is 5. The fraction of sp³-hybridized carbons (Fsp3) is 0.792. The van der Waals surface area contributed by atoms with E-state index in [-0.39, 0.29) is 36.0 Å². The minimum atomic E-state index is -0.818. The zero-order chi connectivity index (χ0) is 25.2. The molecule has 0 aromatic heterocycles. The van der Waals surface area contributed by atoms with Gasteiger partial charge in [-0.05, 0) is 45.4 Å². The van der Waals surface area contributed by atoms with Crippen LogP contribution in [-0.4, -0.2) is 94.5 Å². The van der Waals surface area contributed by atoms with Crippen LogP contribution < -0.4 is 11.1 Å². The average Bonchev–Trinajstić information content (AvgIpc) is 3.55. The van der Waals surface area contributed by atoms with Crippen LogP contribution in [0.4, 0.5) is 0 Å². The van der Waals surface area contributed by atoms with Gasteiger partial charge in [-0.1, -0.05) is 20.8 Å². The Bertz CT molecular complexity index is 838. The van der Waals surface area contributed by atoms with Crippen molar-refractivity contribution in [2.45, 2.75) is 90.4 Å². The van der Waals surface area contributed by atoms with E-state index in [4.69, 9.17) is 5.73 Å². The fourth-order valence-electron chi connectivity index (χ4n) is 5.31. The maximum absolute atomic E-state index is 13.4. The van der Waals surface area contributed by atoms with E-state index in [1.165, 1.54) is 4.90 Å². The summed E-state index contributed by atoms with van der Waals surface area (Å²) in [6, 6.07) is -2.57. The molecule has 190 valence electrons. The lowest BCUT2D eigenvalue weighted by Gasteiger charge is -2.34. The second-order valence-corrected chi connectivity index (χ2v) is 10.7. The van der Waals surface area contributed by atoms with Crippen molar-refractivity contribution in [1.29, 1.82) is 0 Å². The van der Waals surface area contributed by atoms with Crippen LogP contribution in [0.15, 0.2) is 0 Å². The topological polar surface area (TPSA) is 133 Å². The van der Waals surface area contributed by atoms with Crippen LogP contribution in [0.1, 0.15) is 66.2 Å². The molecule has 0 unspecified atom stereocenters. The number of nitrogens with zero attached hydrogens (tertiary/aromatic N) is 3. The number of ketones is 1. The smallest absolute Gasteiger partial charge is 0.246 e. The summed E-state index contributed by atoms with van der Waals surface area (Å²) >= 11 is 0. The van der Waals surface area contributed by atoms with Gasteiger partial charge in [0.15, 0.2) is 5.78 Å². The highest BCUT2D eigenvalue weighted by molar-refractivity contribution is 5.96. The minimum Gasteiger partial charge on any atom is -0.343 e. The molecule has 0 spiro atoms. The van der Waals surface area contributed by atoms with Crippen LogP contribution in [0.3, 0.4) is 0 Å². The van der Waals surface area contributed by atoms with E-state index in [1.54, 1.807) is 16.7 Å². The van der Waals surface area contributed by atoms with E-state index in [0.717, 1.165) is 12.8 Å². The third-order valence-electron chi connectivity index (χ3n) is 7.12. The lowest BCUT2D eigenvalue weighted by Crippen LogP contribution is -2.57. The van der Waals surface area contributed by atoms with Crippen molar-refractivity contribution in [3.63, 3.8) is 0 Å². The first kappa shape index (κ1) is 26.1. The summed E-state index contributed by atoms with van der Waals surface area (Å²) in [5.74, 6) is -1.12. The molecule has 4 atom stereocenters. The van der Waals surface area contributed by atoms with E-state index in [2.05, 4.69) is 5.32 Å².